The van der Waals surface area contributed by atoms with Crippen molar-refractivity contribution in [2.45, 2.75) is 108 Å². The first-order valence-electron chi connectivity index (χ1n) is 13.0. The molecule has 0 spiro atoms. The normalized spacial score (nSPS) is 14.5. The molecule has 1 aliphatic rings. The highest BCUT2D eigenvalue weighted by atomic mass is 19.4. The third-order valence-corrected chi connectivity index (χ3v) is 6.33. The van der Waals surface area contributed by atoms with Gasteiger partial charge in [0.25, 0.3) is 0 Å². The number of fused-ring (bicyclic) bond motifs is 1. The smallest absolute Gasteiger partial charge is 0.460 e. The highest BCUT2D eigenvalue weighted by molar-refractivity contribution is 5.69. The van der Waals surface area contributed by atoms with Crippen molar-refractivity contribution in [3.63, 3.8) is 0 Å². The number of carbonyl (C=O) groups is 1. The van der Waals surface area contributed by atoms with E-state index in [1.165, 1.54) is 0 Å². The average Bonchev–Trinajstić information content (AvgIpc) is 3.27. The molecule has 0 fully saturated rings. The fraction of sp³-hybridized carbons (Fsp3) is 0.800. The molecule has 0 radical (unpaired) electrons. The van der Waals surface area contributed by atoms with Gasteiger partial charge in [-0.3, -0.25) is 4.79 Å². The summed E-state index contributed by atoms with van der Waals surface area (Å²) in [6.45, 7) is 1.83. The second kappa shape index (κ2) is 14.4. The van der Waals surface area contributed by atoms with Gasteiger partial charge in [-0.05, 0) is 12.8 Å². The Labute approximate surface area is 221 Å². The highest BCUT2D eigenvalue weighted by Gasteiger charge is 2.81. The third-order valence-electron chi connectivity index (χ3n) is 6.33. The quantitative estimate of drug-likeness (QED) is 0.100. The number of hydrogen-bond acceptors (Lipinski definition) is 4. The van der Waals surface area contributed by atoms with Crippen LogP contribution in [0, 0.1) is 0 Å². The standard InChI is InChI=1S/C25H34F9NO4/c26-22(27,23(28,29)24(30,31)25(32,33)34)12-11-21(36)39-14-10-8-6-4-2-1-3-5-7-9-13-35-17-19-20(18-35)38-16-15-37-19/h17-18H,1-16H2. The number of rotatable bonds is 18. The van der Waals surface area contributed by atoms with E-state index in [0.29, 0.717) is 26.1 Å². The molecule has 1 aromatic rings. The molecule has 0 aliphatic carbocycles. The number of aromatic nitrogens is 1. The van der Waals surface area contributed by atoms with Crippen LogP contribution in [-0.2, 0) is 16.1 Å². The summed E-state index contributed by atoms with van der Waals surface area (Å²) < 4.78 is 133. The van der Waals surface area contributed by atoms with Crippen molar-refractivity contribution in [1.29, 1.82) is 0 Å². The van der Waals surface area contributed by atoms with Crippen LogP contribution in [0.5, 0.6) is 11.5 Å². The van der Waals surface area contributed by atoms with Crippen molar-refractivity contribution in [3.8, 4) is 11.5 Å². The molecule has 1 aliphatic heterocycles. The van der Waals surface area contributed by atoms with Gasteiger partial charge in [-0.25, -0.2) is 0 Å². The number of ether oxygens (including phenoxy) is 3. The fourth-order valence-corrected chi connectivity index (χ4v) is 4.01. The van der Waals surface area contributed by atoms with Gasteiger partial charge in [0.1, 0.15) is 13.2 Å². The van der Waals surface area contributed by atoms with E-state index in [-0.39, 0.29) is 6.61 Å². The maximum Gasteiger partial charge on any atom is 0.460 e. The number of aryl methyl sites for hydroxylation is 1. The molecular formula is C25H34F9NO4. The van der Waals surface area contributed by atoms with Crippen LogP contribution < -0.4 is 9.47 Å². The van der Waals surface area contributed by atoms with Gasteiger partial charge in [-0.2, -0.15) is 39.5 Å². The first-order chi connectivity index (χ1) is 18.2. The van der Waals surface area contributed by atoms with Crippen LogP contribution in [0.15, 0.2) is 12.4 Å². The summed E-state index contributed by atoms with van der Waals surface area (Å²) in [5.41, 5.74) is 0. The number of alkyl halides is 9. The lowest BCUT2D eigenvalue weighted by atomic mass is 10.00. The van der Waals surface area contributed by atoms with E-state index in [4.69, 9.17) is 9.47 Å². The Bertz CT molecular complexity index is 864. The van der Waals surface area contributed by atoms with Crippen LogP contribution >= 0.6 is 0 Å². The van der Waals surface area contributed by atoms with Crippen LogP contribution in [0.4, 0.5) is 39.5 Å². The molecule has 2 heterocycles. The summed E-state index contributed by atoms with van der Waals surface area (Å²) in [7, 11) is 0. The Balaban J connectivity index is 1.44. The SMILES string of the molecule is O=C(CCC(F)(F)C(F)(F)C(F)(F)C(F)(F)F)OCCCCCCCCCCCCn1cc2c(c1)OCCO2. The summed E-state index contributed by atoms with van der Waals surface area (Å²) in [6.07, 6.45) is 2.65. The predicted molar refractivity (Wildman–Crippen MR) is 123 cm³/mol. The zero-order chi connectivity index (χ0) is 29.2. The molecule has 0 saturated carbocycles. The van der Waals surface area contributed by atoms with E-state index in [1.54, 1.807) is 0 Å². The van der Waals surface area contributed by atoms with Crippen molar-refractivity contribution in [3.05, 3.63) is 12.4 Å². The minimum absolute atomic E-state index is 0.192. The Hall–Kier alpha value is -2.28. The molecule has 0 aromatic carbocycles. The summed E-state index contributed by atoms with van der Waals surface area (Å²) in [5, 5.41) is 0. The van der Waals surface area contributed by atoms with E-state index < -0.39 is 42.8 Å². The van der Waals surface area contributed by atoms with Crippen molar-refractivity contribution < 1.29 is 58.5 Å². The summed E-state index contributed by atoms with van der Waals surface area (Å²) in [4.78, 5) is 11.4. The number of hydrogen-bond donors (Lipinski definition) is 0. The number of nitrogens with zero attached hydrogens (tertiary/aromatic N) is 1. The molecule has 0 bridgehead atoms. The Kier molecular flexibility index (Phi) is 12.1. The Morgan fingerprint density at radius 2 is 1.18 bits per heavy atom. The first kappa shape index (κ1) is 32.9. The van der Waals surface area contributed by atoms with Crippen molar-refractivity contribution >= 4 is 5.97 Å². The van der Waals surface area contributed by atoms with Gasteiger partial charge < -0.3 is 18.8 Å². The average molecular weight is 584 g/mol. The number of unbranched alkanes of at least 4 members (excludes halogenated alkanes) is 9. The summed E-state index contributed by atoms with van der Waals surface area (Å²) >= 11 is 0. The minimum atomic E-state index is -6.96. The molecular weight excluding hydrogens is 549 g/mol. The molecule has 5 nitrogen and oxygen atoms in total. The molecule has 39 heavy (non-hydrogen) atoms. The topological polar surface area (TPSA) is 49.7 Å². The van der Waals surface area contributed by atoms with Crippen LogP contribution in [-0.4, -0.2) is 54.3 Å². The van der Waals surface area contributed by atoms with Gasteiger partial charge >= 0.3 is 29.9 Å². The molecule has 0 saturated heterocycles. The van der Waals surface area contributed by atoms with E-state index in [0.717, 1.165) is 69.4 Å². The fourth-order valence-electron chi connectivity index (χ4n) is 4.01. The van der Waals surface area contributed by atoms with Crippen LogP contribution in [0.2, 0.25) is 0 Å². The van der Waals surface area contributed by atoms with Gasteiger partial charge in [0.15, 0.2) is 11.5 Å². The van der Waals surface area contributed by atoms with Gasteiger partial charge in [-0.1, -0.05) is 51.4 Å². The molecule has 0 amide bonds. The van der Waals surface area contributed by atoms with Gasteiger partial charge in [0.05, 0.1) is 13.0 Å². The number of halogens is 9. The predicted octanol–water partition coefficient (Wildman–Crippen LogP) is 7.95. The van der Waals surface area contributed by atoms with E-state index >= 15 is 0 Å². The second-order valence-electron chi connectivity index (χ2n) is 9.53. The highest BCUT2D eigenvalue weighted by Crippen LogP contribution is 2.54. The molecule has 0 N–H and O–H groups in total. The zero-order valence-corrected chi connectivity index (χ0v) is 21.5. The first-order valence-corrected chi connectivity index (χ1v) is 13.0. The van der Waals surface area contributed by atoms with Gasteiger partial charge in [-0.15, -0.1) is 0 Å². The lowest BCUT2D eigenvalue weighted by Crippen LogP contribution is -2.60. The molecule has 2 rings (SSSR count). The number of carbonyl (C=O) groups excluding carboxylic acids is 1. The summed E-state index contributed by atoms with van der Waals surface area (Å²) in [5.74, 6) is -19.3. The van der Waals surface area contributed by atoms with E-state index in [1.807, 2.05) is 12.4 Å². The van der Waals surface area contributed by atoms with Crippen molar-refractivity contribution in [2.24, 2.45) is 0 Å². The Morgan fingerprint density at radius 1 is 0.718 bits per heavy atom. The maximum atomic E-state index is 13.4. The third kappa shape index (κ3) is 9.40. The lowest BCUT2D eigenvalue weighted by Gasteiger charge is -2.33. The lowest BCUT2D eigenvalue weighted by molar-refractivity contribution is -0.396. The maximum absolute atomic E-state index is 13.4. The minimum Gasteiger partial charge on any atom is -0.485 e. The largest absolute Gasteiger partial charge is 0.485 e. The molecule has 0 atom stereocenters. The second-order valence-corrected chi connectivity index (χ2v) is 9.53. The van der Waals surface area contributed by atoms with Gasteiger partial charge in [0, 0.05) is 25.4 Å². The summed E-state index contributed by atoms with van der Waals surface area (Å²) in [6, 6.07) is 0. The molecule has 1 aromatic heterocycles. The Morgan fingerprint density at radius 3 is 1.67 bits per heavy atom. The van der Waals surface area contributed by atoms with Gasteiger partial charge in [0.2, 0.25) is 0 Å². The monoisotopic (exact) mass is 583 g/mol. The van der Waals surface area contributed by atoms with Crippen LogP contribution in [0.3, 0.4) is 0 Å². The molecule has 0 unspecified atom stereocenters. The van der Waals surface area contributed by atoms with E-state index in [9.17, 15) is 44.3 Å². The van der Waals surface area contributed by atoms with Crippen molar-refractivity contribution in [2.75, 3.05) is 19.8 Å². The molecule has 226 valence electrons. The zero-order valence-electron chi connectivity index (χ0n) is 21.5. The number of esters is 1. The van der Waals surface area contributed by atoms with Crippen molar-refractivity contribution in [1.82, 2.24) is 4.57 Å². The van der Waals surface area contributed by atoms with Crippen LogP contribution in [0.1, 0.15) is 77.0 Å². The molecule has 14 heteroatoms. The van der Waals surface area contributed by atoms with Crippen LogP contribution in [0.25, 0.3) is 0 Å². The van der Waals surface area contributed by atoms with E-state index in [2.05, 4.69) is 9.30 Å².